The predicted molar refractivity (Wildman–Crippen MR) is 70.8 cm³/mol. The van der Waals surface area contributed by atoms with E-state index in [-0.39, 0.29) is 19.6 Å². The predicted octanol–water partition coefficient (Wildman–Crippen LogP) is 2.68. The number of carbonyl (C=O) groups is 1. The zero-order valence-electron chi connectivity index (χ0n) is 11.1. The van der Waals surface area contributed by atoms with Crippen LogP contribution in [-0.2, 0) is 22.5 Å². The summed E-state index contributed by atoms with van der Waals surface area (Å²) in [6.07, 6.45) is 0.774. The first kappa shape index (κ1) is 14.6. The van der Waals surface area contributed by atoms with Crippen molar-refractivity contribution in [3.63, 3.8) is 0 Å². The number of ether oxygens (including phenoxy) is 1. The third-order valence-corrected chi connectivity index (χ3v) is 2.58. The summed E-state index contributed by atoms with van der Waals surface area (Å²) in [5.74, 6) is -0.543. The molecule has 3 nitrogen and oxygen atoms in total. The Labute approximate surface area is 109 Å². The van der Waals surface area contributed by atoms with E-state index in [2.05, 4.69) is 10.1 Å². The van der Waals surface area contributed by atoms with E-state index >= 15 is 0 Å². The summed E-state index contributed by atoms with van der Waals surface area (Å²) in [4.78, 5) is 11.0. The van der Waals surface area contributed by atoms with Crippen LogP contribution >= 0.6 is 0 Å². The lowest BCUT2D eigenvalue weighted by Gasteiger charge is -2.10. The molecule has 0 aliphatic rings. The van der Waals surface area contributed by atoms with Crippen LogP contribution in [0.2, 0.25) is 0 Å². The maximum Gasteiger partial charge on any atom is 0.305 e. The Morgan fingerprint density at radius 2 is 2.06 bits per heavy atom. The fourth-order valence-corrected chi connectivity index (χ4v) is 1.63. The Kier molecular flexibility index (Phi) is 5.78. The molecule has 18 heavy (non-hydrogen) atoms. The normalized spacial score (nSPS) is 10.7. The summed E-state index contributed by atoms with van der Waals surface area (Å²) in [5, 5.41) is 3.23. The number of hydrogen-bond donors (Lipinski definition) is 1. The van der Waals surface area contributed by atoms with Crippen LogP contribution in [0.1, 0.15) is 32.8 Å². The zero-order valence-corrected chi connectivity index (χ0v) is 11.1. The topological polar surface area (TPSA) is 38.3 Å². The molecule has 1 aromatic carbocycles. The average Bonchev–Trinajstić information content (AvgIpc) is 2.33. The van der Waals surface area contributed by atoms with E-state index in [4.69, 9.17) is 0 Å². The lowest BCUT2D eigenvalue weighted by molar-refractivity contribution is -0.140. The molecule has 0 bridgehead atoms. The molecule has 0 atom stereocenters. The van der Waals surface area contributed by atoms with Crippen molar-refractivity contribution in [1.82, 2.24) is 5.32 Å². The lowest BCUT2D eigenvalue weighted by atomic mass is 10.1. The van der Waals surface area contributed by atoms with Gasteiger partial charge in [-0.15, -0.1) is 0 Å². The molecule has 0 heterocycles. The molecule has 0 radical (unpaired) electrons. The van der Waals surface area contributed by atoms with Gasteiger partial charge in [-0.2, -0.15) is 0 Å². The number of esters is 1. The Morgan fingerprint density at radius 3 is 2.67 bits per heavy atom. The first-order valence-electron chi connectivity index (χ1n) is 6.10. The summed E-state index contributed by atoms with van der Waals surface area (Å²) in [5.41, 5.74) is 1.71. The first-order valence-corrected chi connectivity index (χ1v) is 6.10. The van der Waals surface area contributed by atoms with Crippen molar-refractivity contribution in [3.8, 4) is 0 Å². The van der Waals surface area contributed by atoms with Crippen molar-refractivity contribution in [3.05, 3.63) is 35.1 Å². The van der Waals surface area contributed by atoms with E-state index in [0.717, 1.165) is 11.1 Å². The Morgan fingerprint density at radius 1 is 1.39 bits per heavy atom. The third-order valence-electron chi connectivity index (χ3n) is 2.58. The molecule has 0 saturated carbocycles. The minimum Gasteiger partial charge on any atom is -0.469 e. The van der Waals surface area contributed by atoms with Crippen LogP contribution in [-0.4, -0.2) is 19.1 Å². The van der Waals surface area contributed by atoms with Gasteiger partial charge < -0.3 is 10.1 Å². The van der Waals surface area contributed by atoms with Gasteiger partial charge in [0.05, 0.1) is 7.11 Å². The largest absolute Gasteiger partial charge is 0.469 e. The first-order chi connectivity index (χ1) is 8.51. The molecular formula is C14H22FNO2. The molecule has 102 valence electrons. The minimum absolute atomic E-state index is 0. The molecule has 1 rings (SSSR count). The standard InChI is InChI=1S/C14H20FNO2.H2/c1-10(2)16-9-12-6-11(7-13(15)8-12)4-5-14(17)18-3;/h6-8,10,16H,4-5,9H2,1-3H3;1H. The van der Waals surface area contributed by atoms with Crippen LogP contribution in [0.25, 0.3) is 0 Å². The quantitative estimate of drug-likeness (QED) is 0.794. The summed E-state index contributed by atoms with van der Waals surface area (Å²) >= 11 is 0. The van der Waals surface area contributed by atoms with Crippen LogP contribution in [0, 0.1) is 5.82 Å². The van der Waals surface area contributed by atoms with E-state index in [9.17, 15) is 9.18 Å². The van der Waals surface area contributed by atoms with E-state index in [1.54, 1.807) is 0 Å². The highest BCUT2D eigenvalue weighted by Gasteiger charge is 2.05. The highest BCUT2D eigenvalue weighted by Crippen LogP contribution is 2.12. The minimum atomic E-state index is -0.277. The van der Waals surface area contributed by atoms with Gasteiger partial charge in [0.15, 0.2) is 0 Å². The number of methoxy groups -OCH3 is 1. The van der Waals surface area contributed by atoms with Crippen LogP contribution in [0.5, 0.6) is 0 Å². The molecule has 0 fully saturated rings. The van der Waals surface area contributed by atoms with Gasteiger partial charge in [0.25, 0.3) is 0 Å². The molecule has 0 amide bonds. The molecule has 0 unspecified atom stereocenters. The van der Waals surface area contributed by atoms with Crippen LogP contribution in [0.15, 0.2) is 18.2 Å². The molecule has 0 aliphatic heterocycles. The van der Waals surface area contributed by atoms with E-state index in [1.807, 2.05) is 19.9 Å². The molecule has 1 N–H and O–H groups in total. The van der Waals surface area contributed by atoms with Gasteiger partial charge in [0.1, 0.15) is 5.82 Å². The number of halogens is 1. The smallest absolute Gasteiger partial charge is 0.305 e. The van der Waals surface area contributed by atoms with E-state index in [0.29, 0.717) is 19.0 Å². The number of nitrogens with one attached hydrogen (secondary N) is 1. The number of benzene rings is 1. The van der Waals surface area contributed by atoms with Crippen molar-refractivity contribution in [1.29, 1.82) is 0 Å². The SMILES string of the molecule is COC(=O)CCc1cc(F)cc(CNC(C)C)c1.[HH]. The van der Waals surface area contributed by atoms with Crippen LogP contribution < -0.4 is 5.32 Å². The summed E-state index contributed by atoms with van der Waals surface area (Å²) in [6.45, 7) is 4.70. The van der Waals surface area contributed by atoms with Crippen molar-refractivity contribution >= 4 is 5.97 Å². The van der Waals surface area contributed by atoms with Gasteiger partial charge in [-0.25, -0.2) is 4.39 Å². The van der Waals surface area contributed by atoms with Crippen LogP contribution in [0.4, 0.5) is 4.39 Å². The molecule has 0 spiro atoms. The maximum atomic E-state index is 13.4. The Bertz CT molecular complexity index is 410. The average molecular weight is 255 g/mol. The number of hydrogen-bond acceptors (Lipinski definition) is 3. The molecule has 4 heteroatoms. The zero-order chi connectivity index (χ0) is 13.5. The highest BCUT2D eigenvalue weighted by molar-refractivity contribution is 5.69. The van der Waals surface area contributed by atoms with Gasteiger partial charge >= 0.3 is 5.97 Å². The van der Waals surface area contributed by atoms with Gasteiger partial charge in [-0.1, -0.05) is 19.9 Å². The number of aryl methyl sites for hydroxylation is 1. The van der Waals surface area contributed by atoms with Crippen LogP contribution in [0.3, 0.4) is 0 Å². The van der Waals surface area contributed by atoms with Gasteiger partial charge in [-0.05, 0) is 29.7 Å². The molecule has 0 aliphatic carbocycles. The number of rotatable bonds is 6. The Hall–Kier alpha value is -1.42. The van der Waals surface area contributed by atoms with Gasteiger partial charge in [0, 0.05) is 20.4 Å². The van der Waals surface area contributed by atoms with Crippen molar-refractivity contribution in [2.75, 3.05) is 7.11 Å². The summed E-state index contributed by atoms with van der Waals surface area (Å²) in [6, 6.07) is 5.24. The fraction of sp³-hybridized carbons (Fsp3) is 0.500. The summed E-state index contributed by atoms with van der Waals surface area (Å²) in [7, 11) is 1.35. The fourth-order valence-electron chi connectivity index (χ4n) is 1.63. The van der Waals surface area contributed by atoms with Crippen molar-refractivity contribution in [2.45, 2.75) is 39.3 Å². The van der Waals surface area contributed by atoms with Gasteiger partial charge in [0.2, 0.25) is 0 Å². The van der Waals surface area contributed by atoms with E-state index in [1.165, 1.54) is 19.2 Å². The second-order valence-corrected chi connectivity index (χ2v) is 4.58. The maximum absolute atomic E-state index is 13.4. The van der Waals surface area contributed by atoms with Gasteiger partial charge in [-0.3, -0.25) is 4.79 Å². The number of carbonyl (C=O) groups excluding carboxylic acids is 1. The lowest BCUT2D eigenvalue weighted by Crippen LogP contribution is -2.22. The second-order valence-electron chi connectivity index (χ2n) is 4.58. The monoisotopic (exact) mass is 255 g/mol. The van der Waals surface area contributed by atoms with Crippen molar-refractivity contribution < 1.29 is 15.3 Å². The highest BCUT2D eigenvalue weighted by atomic mass is 19.1. The van der Waals surface area contributed by atoms with Crippen molar-refractivity contribution in [2.24, 2.45) is 0 Å². The molecule has 1 aromatic rings. The third kappa shape index (κ3) is 5.27. The second kappa shape index (κ2) is 7.11. The molecule has 0 saturated heterocycles. The van der Waals surface area contributed by atoms with E-state index < -0.39 is 0 Å². The molecule has 0 aromatic heterocycles. The summed E-state index contributed by atoms with van der Waals surface area (Å²) < 4.78 is 18.0. The molecular weight excluding hydrogens is 233 g/mol. The Balaban J connectivity index is 0.00000324.